The summed E-state index contributed by atoms with van der Waals surface area (Å²) in [4.78, 5) is 26.1. The predicted molar refractivity (Wildman–Crippen MR) is 129 cm³/mol. The Labute approximate surface area is 195 Å². The molecule has 0 spiro atoms. The van der Waals surface area contributed by atoms with Crippen molar-refractivity contribution in [2.45, 2.75) is 58.7 Å². The van der Waals surface area contributed by atoms with E-state index >= 15 is 0 Å². The summed E-state index contributed by atoms with van der Waals surface area (Å²) in [6.45, 7) is 11.2. The van der Waals surface area contributed by atoms with Gasteiger partial charge < -0.3 is 14.2 Å². The Morgan fingerprint density at radius 1 is 1.24 bits per heavy atom. The Morgan fingerprint density at radius 2 is 2.00 bits per heavy atom. The van der Waals surface area contributed by atoms with Crippen molar-refractivity contribution in [3.05, 3.63) is 72.0 Å². The molecule has 0 bridgehead atoms. The number of para-hydroxylation sites is 1. The van der Waals surface area contributed by atoms with Crippen molar-refractivity contribution in [1.82, 2.24) is 14.9 Å². The van der Waals surface area contributed by atoms with Crippen LogP contribution in [0, 0.1) is 0 Å². The monoisotopic (exact) mass is 451 g/mol. The normalized spacial score (nSPS) is 14.4. The molecule has 1 aliphatic heterocycles. The Kier molecular flexibility index (Phi) is 7.76. The third-order valence-electron chi connectivity index (χ3n) is 5.55. The average Bonchev–Trinajstić information content (AvgIpc) is 3.09. The minimum atomic E-state index is -0.528. The van der Waals surface area contributed by atoms with Crippen molar-refractivity contribution >= 4 is 22.9 Å². The molecule has 33 heavy (non-hydrogen) atoms. The second-order valence-electron chi connectivity index (χ2n) is 9.08. The molecule has 2 amide bonds. The summed E-state index contributed by atoms with van der Waals surface area (Å²) in [5.74, 6) is -0.528. The molecule has 176 valence electrons. The van der Waals surface area contributed by atoms with E-state index in [2.05, 4.69) is 23.3 Å². The number of carbonyl (C=O) groups excluding carboxylic acids is 2. The number of hydroxylamine groups is 1. The Balaban J connectivity index is 1.74. The van der Waals surface area contributed by atoms with Crippen LogP contribution in [0.4, 0.5) is 4.79 Å². The maximum absolute atomic E-state index is 12.6. The van der Waals surface area contributed by atoms with Gasteiger partial charge in [-0.2, -0.15) is 0 Å². The van der Waals surface area contributed by atoms with Gasteiger partial charge in [0.15, 0.2) is 0 Å². The molecule has 1 aliphatic rings. The molecule has 3 rings (SSSR count). The number of fused-ring (bicyclic) bond motifs is 3. The molecule has 2 N–H and O–H groups in total. The number of rotatable bonds is 7. The molecule has 0 radical (unpaired) electrons. The van der Waals surface area contributed by atoms with Gasteiger partial charge in [-0.3, -0.25) is 10.0 Å². The van der Waals surface area contributed by atoms with E-state index < -0.39 is 11.5 Å². The number of allylic oxidation sites excluding steroid dienone is 4. The van der Waals surface area contributed by atoms with Crippen LogP contribution in [-0.2, 0) is 29.0 Å². The molecule has 7 nitrogen and oxygen atoms in total. The van der Waals surface area contributed by atoms with E-state index in [1.165, 1.54) is 22.7 Å². The lowest BCUT2D eigenvalue weighted by Gasteiger charge is -2.30. The number of hydrogen-bond donors (Lipinski definition) is 2. The lowest BCUT2D eigenvalue weighted by Crippen LogP contribution is -2.40. The molecule has 0 saturated heterocycles. The van der Waals surface area contributed by atoms with Gasteiger partial charge in [0.1, 0.15) is 5.60 Å². The predicted octanol–water partition coefficient (Wildman–Crippen LogP) is 4.89. The number of aryl methyl sites for hydroxylation is 1. The van der Waals surface area contributed by atoms with Crippen molar-refractivity contribution in [3.8, 4) is 0 Å². The maximum atomic E-state index is 12.6. The van der Waals surface area contributed by atoms with E-state index in [1.54, 1.807) is 16.5 Å². The Hall–Kier alpha value is -3.32. The first kappa shape index (κ1) is 24.3. The number of nitrogens with one attached hydrogen (secondary N) is 1. The molecule has 0 aliphatic carbocycles. The molecule has 0 unspecified atom stereocenters. The third-order valence-corrected chi connectivity index (χ3v) is 5.55. The van der Waals surface area contributed by atoms with Crippen molar-refractivity contribution in [2.24, 2.45) is 0 Å². The summed E-state index contributed by atoms with van der Waals surface area (Å²) in [7, 11) is 0. The Morgan fingerprint density at radius 3 is 2.70 bits per heavy atom. The number of aromatic nitrogens is 1. The van der Waals surface area contributed by atoms with Gasteiger partial charge in [-0.05, 0) is 39.7 Å². The van der Waals surface area contributed by atoms with E-state index in [1.807, 2.05) is 45.1 Å². The fourth-order valence-corrected chi connectivity index (χ4v) is 4.12. The van der Waals surface area contributed by atoms with Crippen LogP contribution in [0.5, 0.6) is 0 Å². The van der Waals surface area contributed by atoms with Crippen molar-refractivity contribution < 1.29 is 19.5 Å². The van der Waals surface area contributed by atoms with E-state index in [0.717, 1.165) is 24.9 Å². The van der Waals surface area contributed by atoms with Gasteiger partial charge in [-0.15, -0.1) is 0 Å². The summed E-state index contributed by atoms with van der Waals surface area (Å²) in [6.07, 6.45) is 8.78. The van der Waals surface area contributed by atoms with E-state index in [9.17, 15) is 9.59 Å². The van der Waals surface area contributed by atoms with Crippen LogP contribution in [0.1, 0.15) is 44.9 Å². The number of nitrogens with zero attached hydrogens (tertiary/aromatic N) is 2. The largest absolute Gasteiger partial charge is 0.444 e. The molecule has 1 aromatic carbocycles. The van der Waals surface area contributed by atoms with Crippen LogP contribution >= 0.6 is 0 Å². The highest BCUT2D eigenvalue weighted by Crippen LogP contribution is 2.31. The molecule has 2 heterocycles. The van der Waals surface area contributed by atoms with Gasteiger partial charge in [-0.1, -0.05) is 49.1 Å². The zero-order valence-corrected chi connectivity index (χ0v) is 19.6. The Bertz CT molecular complexity index is 1090. The first-order chi connectivity index (χ1) is 15.7. The van der Waals surface area contributed by atoms with Crippen LogP contribution < -0.4 is 5.48 Å². The van der Waals surface area contributed by atoms with Crippen LogP contribution in [0.25, 0.3) is 10.9 Å². The topological polar surface area (TPSA) is 83.8 Å². The zero-order chi connectivity index (χ0) is 24.0. The molecule has 1 aromatic heterocycles. The highest BCUT2D eigenvalue weighted by Gasteiger charge is 2.29. The third kappa shape index (κ3) is 5.93. The minimum Gasteiger partial charge on any atom is -0.444 e. The van der Waals surface area contributed by atoms with Crippen molar-refractivity contribution in [3.63, 3.8) is 0 Å². The second-order valence-corrected chi connectivity index (χ2v) is 9.08. The van der Waals surface area contributed by atoms with E-state index in [4.69, 9.17) is 9.94 Å². The highest BCUT2D eigenvalue weighted by atomic mass is 16.6. The summed E-state index contributed by atoms with van der Waals surface area (Å²) in [6, 6.07) is 8.29. The van der Waals surface area contributed by atoms with E-state index in [0.29, 0.717) is 25.1 Å². The van der Waals surface area contributed by atoms with Crippen molar-refractivity contribution in [2.75, 3.05) is 6.54 Å². The lowest BCUT2D eigenvalue weighted by molar-refractivity contribution is -0.125. The fraction of sp³-hybridized carbons (Fsp3) is 0.385. The van der Waals surface area contributed by atoms with Crippen LogP contribution in [0.15, 0.2) is 60.7 Å². The van der Waals surface area contributed by atoms with Gasteiger partial charge in [-0.25, -0.2) is 10.3 Å². The first-order valence-corrected chi connectivity index (χ1v) is 11.2. The van der Waals surface area contributed by atoms with Gasteiger partial charge in [0.25, 0.3) is 5.91 Å². The van der Waals surface area contributed by atoms with Gasteiger partial charge in [0, 0.05) is 47.2 Å². The molecule has 2 aromatic rings. The van der Waals surface area contributed by atoms with Gasteiger partial charge >= 0.3 is 6.09 Å². The molecule has 0 saturated carbocycles. The standard InChI is InChI=1S/C26H33N3O4/c1-5-11-19(24(30)27-32)12-7-6-10-16-29-22-14-9-8-13-20(22)21-18-28(17-15-23(21)29)25(31)33-26(2,3)4/h5-9,11,13-14,32H,1,10,12,15-18H2,2-4H3,(H,27,30)/b7-6-,19-11+. The summed E-state index contributed by atoms with van der Waals surface area (Å²) in [5, 5.41) is 10.0. The number of carbonyl (C=O) groups is 2. The van der Waals surface area contributed by atoms with Crippen LogP contribution in [0.2, 0.25) is 0 Å². The smallest absolute Gasteiger partial charge is 0.410 e. The van der Waals surface area contributed by atoms with Gasteiger partial charge in [0.05, 0.1) is 6.54 Å². The van der Waals surface area contributed by atoms with Crippen molar-refractivity contribution in [1.29, 1.82) is 0 Å². The SMILES string of the molecule is C=C/C=C(\C/C=C\CCn1c2c(c3ccccc31)CN(C(=O)OC(C)(C)C)CC2)C(=O)NO. The number of hydrogen-bond acceptors (Lipinski definition) is 4. The zero-order valence-electron chi connectivity index (χ0n) is 19.6. The molecular weight excluding hydrogens is 418 g/mol. The lowest BCUT2D eigenvalue weighted by atomic mass is 10.0. The molecule has 0 atom stereocenters. The van der Waals surface area contributed by atoms with Gasteiger partial charge in [0.2, 0.25) is 0 Å². The number of amides is 2. The second kappa shape index (κ2) is 10.5. The maximum Gasteiger partial charge on any atom is 0.410 e. The highest BCUT2D eigenvalue weighted by molar-refractivity contribution is 5.93. The number of benzene rings is 1. The summed E-state index contributed by atoms with van der Waals surface area (Å²) >= 11 is 0. The van der Waals surface area contributed by atoms with Crippen LogP contribution in [-0.4, -0.2) is 38.8 Å². The minimum absolute atomic E-state index is 0.275. The summed E-state index contributed by atoms with van der Waals surface area (Å²) < 4.78 is 7.92. The molecule has 7 heteroatoms. The van der Waals surface area contributed by atoms with Crippen LogP contribution in [0.3, 0.4) is 0 Å². The quantitative estimate of drug-likeness (QED) is 0.206. The molecular formula is C26H33N3O4. The molecule has 0 fully saturated rings. The summed E-state index contributed by atoms with van der Waals surface area (Å²) in [5.41, 5.74) is 5.19. The number of ether oxygens (including phenoxy) is 1. The fourth-order valence-electron chi connectivity index (χ4n) is 4.12. The first-order valence-electron chi connectivity index (χ1n) is 11.2. The average molecular weight is 452 g/mol. The van der Waals surface area contributed by atoms with E-state index in [-0.39, 0.29) is 6.09 Å².